The van der Waals surface area contributed by atoms with Crippen molar-refractivity contribution in [3.05, 3.63) is 52.5 Å². The summed E-state index contributed by atoms with van der Waals surface area (Å²) in [5, 5.41) is 16.7. The molecule has 1 amide bonds. The third kappa shape index (κ3) is 3.68. The van der Waals surface area contributed by atoms with Gasteiger partial charge in [-0.15, -0.1) is 11.3 Å². The number of carboxylic acids is 1. The topological polar surface area (TPSA) is 82.9 Å². The van der Waals surface area contributed by atoms with E-state index in [1.54, 1.807) is 17.5 Å². The third-order valence-electron chi connectivity index (χ3n) is 3.78. The van der Waals surface area contributed by atoms with Gasteiger partial charge >= 0.3 is 5.97 Å². The molecule has 0 radical (unpaired) electrons. The monoisotopic (exact) mass is 343 g/mol. The standard InChI is InChI=1S/C17H17N3O3S/c21-16(7-3-8-17(22)23)20-14(12-5-1-2-9-18-12)11-13(19-20)15-6-4-10-24-15/h1-2,4-6,9-10,14H,3,7-8,11H2,(H,22,23)/t14-/m1/s1. The van der Waals surface area contributed by atoms with E-state index >= 15 is 0 Å². The molecule has 1 atom stereocenters. The maximum absolute atomic E-state index is 12.5. The van der Waals surface area contributed by atoms with Crippen molar-refractivity contribution in [3.8, 4) is 0 Å². The van der Waals surface area contributed by atoms with E-state index in [2.05, 4.69) is 10.1 Å². The van der Waals surface area contributed by atoms with Crippen LogP contribution in [0.1, 0.15) is 42.3 Å². The Bertz CT molecular complexity index is 744. The molecule has 0 saturated carbocycles. The van der Waals surface area contributed by atoms with Gasteiger partial charge < -0.3 is 5.11 Å². The lowest BCUT2D eigenvalue weighted by atomic mass is 10.1. The van der Waals surface area contributed by atoms with Crippen LogP contribution in [0.5, 0.6) is 0 Å². The zero-order valence-electron chi connectivity index (χ0n) is 13.0. The van der Waals surface area contributed by atoms with Crippen molar-refractivity contribution in [2.45, 2.75) is 31.7 Å². The van der Waals surface area contributed by atoms with Gasteiger partial charge in [-0.3, -0.25) is 14.6 Å². The van der Waals surface area contributed by atoms with Crippen LogP contribution in [0.3, 0.4) is 0 Å². The highest BCUT2D eigenvalue weighted by molar-refractivity contribution is 7.12. The number of carbonyl (C=O) groups excluding carboxylic acids is 1. The SMILES string of the molecule is O=C(O)CCCC(=O)N1N=C(c2cccs2)C[C@@H]1c1ccccn1. The Morgan fingerprint density at radius 2 is 2.12 bits per heavy atom. The van der Waals surface area contributed by atoms with E-state index in [9.17, 15) is 9.59 Å². The second-order valence-corrected chi connectivity index (χ2v) is 6.43. The summed E-state index contributed by atoms with van der Waals surface area (Å²) in [6.45, 7) is 0. The first-order chi connectivity index (χ1) is 11.6. The summed E-state index contributed by atoms with van der Waals surface area (Å²) in [7, 11) is 0. The molecule has 0 aliphatic carbocycles. The lowest BCUT2D eigenvalue weighted by molar-refractivity contribution is -0.137. The summed E-state index contributed by atoms with van der Waals surface area (Å²) in [4.78, 5) is 28.6. The molecule has 1 aliphatic heterocycles. The van der Waals surface area contributed by atoms with Crippen LogP contribution in [0.2, 0.25) is 0 Å². The lowest BCUT2D eigenvalue weighted by Crippen LogP contribution is -2.27. The third-order valence-corrected chi connectivity index (χ3v) is 4.70. The van der Waals surface area contributed by atoms with Crippen molar-refractivity contribution in [2.24, 2.45) is 5.10 Å². The zero-order chi connectivity index (χ0) is 16.9. The van der Waals surface area contributed by atoms with Crippen molar-refractivity contribution >= 4 is 28.9 Å². The largest absolute Gasteiger partial charge is 0.481 e. The van der Waals surface area contributed by atoms with Gasteiger partial charge in [-0.05, 0) is 30.0 Å². The molecule has 2 aromatic heterocycles. The van der Waals surface area contributed by atoms with Gasteiger partial charge in [0.1, 0.15) is 6.04 Å². The fraction of sp³-hybridized carbons (Fsp3) is 0.294. The summed E-state index contributed by atoms with van der Waals surface area (Å²) in [5.41, 5.74) is 1.66. The van der Waals surface area contributed by atoms with Crippen molar-refractivity contribution in [3.63, 3.8) is 0 Å². The van der Waals surface area contributed by atoms with Crippen LogP contribution in [0.15, 0.2) is 47.0 Å². The molecular weight excluding hydrogens is 326 g/mol. The summed E-state index contributed by atoms with van der Waals surface area (Å²) in [6, 6.07) is 9.31. The Morgan fingerprint density at radius 3 is 2.79 bits per heavy atom. The average Bonchev–Trinajstić information content (AvgIpc) is 3.24. The molecule has 1 aliphatic rings. The number of rotatable bonds is 6. The van der Waals surface area contributed by atoms with Crippen LogP contribution in [0, 0.1) is 0 Å². The van der Waals surface area contributed by atoms with Gasteiger partial charge in [0.15, 0.2) is 0 Å². The molecule has 6 nitrogen and oxygen atoms in total. The van der Waals surface area contributed by atoms with Gasteiger partial charge in [0.25, 0.3) is 0 Å². The highest BCUT2D eigenvalue weighted by Crippen LogP contribution is 2.33. The molecule has 0 aromatic carbocycles. The minimum atomic E-state index is -0.895. The Morgan fingerprint density at radius 1 is 1.25 bits per heavy atom. The molecule has 3 rings (SSSR count). The fourth-order valence-electron chi connectivity index (χ4n) is 2.64. The second-order valence-electron chi connectivity index (χ2n) is 5.48. The number of amides is 1. The molecule has 3 heterocycles. The van der Waals surface area contributed by atoms with Crippen molar-refractivity contribution in [1.29, 1.82) is 0 Å². The number of hydrogen-bond donors (Lipinski definition) is 1. The van der Waals surface area contributed by atoms with E-state index in [1.807, 2.05) is 35.7 Å². The van der Waals surface area contributed by atoms with Crippen LogP contribution in [-0.4, -0.2) is 32.7 Å². The number of aliphatic carboxylic acids is 1. The average molecular weight is 343 g/mol. The number of hydrazone groups is 1. The second kappa shape index (κ2) is 7.35. The number of thiophene rings is 1. The molecule has 7 heteroatoms. The number of hydrogen-bond acceptors (Lipinski definition) is 5. The Labute approximate surface area is 143 Å². The number of aromatic nitrogens is 1. The van der Waals surface area contributed by atoms with E-state index in [4.69, 9.17) is 5.11 Å². The number of carbonyl (C=O) groups is 2. The minimum Gasteiger partial charge on any atom is -0.481 e. The first-order valence-electron chi connectivity index (χ1n) is 7.71. The predicted molar refractivity (Wildman–Crippen MR) is 90.8 cm³/mol. The summed E-state index contributed by atoms with van der Waals surface area (Å²) < 4.78 is 0. The van der Waals surface area contributed by atoms with E-state index in [0.29, 0.717) is 12.8 Å². The van der Waals surface area contributed by atoms with Crippen molar-refractivity contribution in [2.75, 3.05) is 0 Å². The first-order valence-corrected chi connectivity index (χ1v) is 8.59. The highest BCUT2D eigenvalue weighted by Gasteiger charge is 2.33. The maximum Gasteiger partial charge on any atom is 0.303 e. The van der Waals surface area contributed by atoms with Gasteiger partial charge in [-0.25, -0.2) is 5.01 Å². The molecular formula is C17H17N3O3S. The van der Waals surface area contributed by atoms with Crippen LogP contribution in [0.4, 0.5) is 0 Å². The number of carboxylic acid groups (broad SMARTS) is 1. The molecule has 2 aromatic rings. The fourth-order valence-corrected chi connectivity index (χ4v) is 3.36. The smallest absolute Gasteiger partial charge is 0.303 e. The van der Waals surface area contributed by atoms with Crippen molar-refractivity contribution < 1.29 is 14.7 Å². The first kappa shape index (κ1) is 16.3. The predicted octanol–water partition coefficient (Wildman–Crippen LogP) is 3.08. The highest BCUT2D eigenvalue weighted by atomic mass is 32.1. The van der Waals surface area contributed by atoms with Gasteiger partial charge in [-0.1, -0.05) is 12.1 Å². The normalized spacial score (nSPS) is 16.9. The summed E-state index contributed by atoms with van der Waals surface area (Å²) in [6.07, 6.45) is 2.77. The molecule has 0 bridgehead atoms. The van der Waals surface area contributed by atoms with Crippen molar-refractivity contribution in [1.82, 2.24) is 9.99 Å². The van der Waals surface area contributed by atoms with E-state index in [-0.39, 0.29) is 24.8 Å². The van der Waals surface area contributed by atoms with Gasteiger partial charge in [-0.2, -0.15) is 5.10 Å². The zero-order valence-corrected chi connectivity index (χ0v) is 13.8. The van der Waals surface area contributed by atoms with Gasteiger partial charge in [0.2, 0.25) is 5.91 Å². The Kier molecular flexibility index (Phi) is 5.00. The van der Waals surface area contributed by atoms with E-state index < -0.39 is 5.97 Å². The maximum atomic E-state index is 12.5. The number of pyridine rings is 1. The Balaban J connectivity index is 1.80. The molecule has 0 unspecified atom stereocenters. The Hall–Kier alpha value is -2.54. The van der Waals surface area contributed by atoms with Gasteiger partial charge in [0.05, 0.1) is 16.3 Å². The number of nitrogens with zero attached hydrogens (tertiary/aromatic N) is 3. The van der Waals surface area contributed by atoms with Crippen LogP contribution in [0.25, 0.3) is 0 Å². The van der Waals surface area contributed by atoms with Crippen LogP contribution >= 0.6 is 11.3 Å². The summed E-state index contributed by atoms with van der Waals surface area (Å²) >= 11 is 1.59. The molecule has 24 heavy (non-hydrogen) atoms. The molecule has 124 valence electrons. The van der Waals surface area contributed by atoms with Crippen LogP contribution < -0.4 is 0 Å². The van der Waals surface area contributed by atoms with E-state index in [0.717, 1.165) is 16.3 Å². The quantitative estimate of drug-likeness (QED) is 0.874. The van der Waals surface area contributed by atoms with Gasteiger partial charge in [0, 0.05) is 25.5 Å². The molecule has 0 spiro atoms. The van der Waals surface area contributed by atoms with E-state index in [1.165, 1.54) is 5.01 Å². The molecule has 1 N–H and O–H groups in total. The lowest BCUT2D eigenvalue weighted by Gasteiger charge is -2.21. The van der Waals surface area contributed by atoms with Crippen LogP contribution in [-0.2, 0) is 9.59 Å². The summed E-state index contributed by atoms with van der Waals surface area (Å²) in [5.74, 6) is -1.06. The molecule has 0 saturated heterocycles. The minimum absolute atomic E-state index is 0.0185. The molecule has 0 fully saturated rings.